The number of aryl methyl sites for hydroxylation is 1. The molecule has 1 aromatic heterocycles. The highest BCUT2D eigenvalue weighted by Crippen LogP contribution is 2.33. The topological polar surface area (TPSA) is 42.2 Å². The van der Waals surface area contributed by atoms with Crippen LogP contribution < -0.4 is 5.73 Å². The number of hydrogen-bond acceptors (Lipinski definition) is 3. The first-order chi connectivity index (χ1) is 9.74. The first kappa shape index (κ1) is 13.1. The van der Waals surface area contributed by atoms with E-state index in [0.717, 1.165) is 18.7 Å². The SMILES string of the molecule is Cc1cc(C2CCCN2Cc2ccccc2)cnc1N. The monoisotopic (exact) mass is 267 g/mol. The maximum absolute atomic E-state index is 5.82. The Balaban J connectivity index is 1.80. The van der Waals surface area contributed by atoms with Crippen LogP contribution in [-0.2, 0) is 6.54 Å². The first-order valence-corrected chi connectivity index (χ1v) is 7.24. The quantitative estimate of drug-likeness (QED) is 0.927. The second-order valence-electron chi connectivity index (χ2n) is 5.58. The zero-order chi connectivity index (χ0) is 13.9. The molecule has 2 aromatic rings. The fourth-order valence-corrected chi connectivity index (χ4v) is 3.00. The Hall–Kier alpha value is -1.87. The highest BCUT2D eigenvalue weighted by molar-refractivity contribution is 5.40. The van der Waals surface area contributed by atoms with Gasteiger partial charge in [0.1, 0.15) is 5.82 Å². The standard InChI is InChI=1S/C17H21N3/c1-13-10-15(11-19-17(13)18)16-8-5-9-20(16)12-14-6-3-2-4-7-14/h2-4,6-7,10-11,16H,5,8-9,12H2,1H3,(H2,18,19). The van der Waals surface area contributed by atoms with Crippen LogP contribution in [-0.4, -0.2) is 16.4 Å². The molecule has 3 heteroatoms. The van der Waals surface area contributed by atoms with Gasteiger partial charge in [-0.2, -0.15) is 0 Å². The number of nitrogen functional groups attached to an aromatic ring is 1. The van der Waals surface area contributed by atoms with Crippen LogP contribution in [0.2, 0.25) is 0 Å². The van der Waals surface area contributed by atoms with Gasteiger partial charge >= 0.3 is 0 Å². The van der Waals surface area contributed by atoms with E-state index in [0.29, 0.717) is 11.9 Å². The van der Waals surface area contributed by atoms with Gasteiger partial charge < -0.3 is 5.73 Å². The third-order valence-electron chi connectivity index (χ3n) is 4.12. The number of likely N-dealkylation sites (tertiary alicyclic amines) is 1. The zero-order valence-electron chi connectivity index (χ0n) is 11.9. The number of nitrogens with zero attached hydrogens (tertiary/aromatic N) is 2. The van der Waals surface area contributed by atoms with Gasteiger partial charge in [0, 0.05) is 18.8 Å². The summed E-state index contributed by atoms with van der Waals surface area (Å²) in [6.45, 7) is 4.19. The van der Waals surface area contributed by atoms with E-state index in [1.807, 2.05) is 13.1 Å². The summed E-state index contributed by atoms with van der Waals surface area (Å²) < 4.78 is 0. The van der Waals surface area contributed by atoms with E-state index in [2.05, 4.69) is 46.3 Å². The lowest BCUT2D eigenvalue weighted by molar-refractivity contribution is 0.248. The van der Waals surface area contributed by atoms with Crippen LogP contribution in [0.25, 0.3) is 0 Å². The van der Waals surface area contributed by atoms with Crippen LogP contribution >= 0.6 is 0 Å². The van der Waals surface area contributed by atoms with Crippen LogP contribution in [0.4, 0.5) is 5.82 Å². The molecule has 1 aromatic carbocycles. The van der Waals surface area contributed by atoms with Crippen LogP contribution in [0.15, 0.2) is 42.6 Å². The van der Waals surface area contributed by atoms with Crippen molar-refractivity contribution < 1.29 is 0 Å². The number of rotatable bonds is 3. The average Bonchev–Trinajstić information content (AvgIpc) is 2.91. The molecule has 0 saturated carbocycles. The minimum absolute atomic E-state index is 0.474. The van der Waals surface area contributed by atoms with Crippen LogP contribution in [0, 0.1) is 6.92 Å². The van der Waals surface area contributed by atoms with Gasteiger partial charge in [-0.25, -0.2) is 4.98 Å². The molecule has 0 bridgehead atoms. The molecule has 1 fully saturated rings. The Morgan fingerprint density at radius 2 is 2.10 bits per heavy atom. The predicted molar refractivity (Wildman–Crippen MR) is 82.2 cm³/mol. The fraction of sp³-hybridized carbons (Fsp3) is 0.353. The van der Waals surface area contributed by atoms with Crippen LogP contribution in [0.5, 0.6) is 0 Å². The van der Waals surface area contributed by atoms with Gasteiger partial charge in [0.25, 0.3) is 0 Å². The fourth-order valence-electron chi connectivity index (χ4n) is 3.00. The summed E-state index contributed by atoms with van der Waals surface area (Å²) in [5.41, 5.74) is 9.57. The van der Waals surface area contributed by atoms with Crippen molar-refractivity contribution in [3.8, 4) is 0 Å². The van der Waals surface area contributed by atoms with E-state index in [9.17, 15) is 0 Å². The normalized spacial score (nSPS) is 19.4. The molecule has 0 radical (unpaired) electrons. The average molecular weight is 267 g/mol. The number of anilines is 1. The Morgan fingerprint density at radius 3 is 2.85 bits per heavy atom. The third kappa shape index (κ3) is 2.68. The summed E-state index contributed by atoms with van der Waals surface area (Å²) in [6, 6.07) is 13.3. The largest absolute Gasteiger partial charge is 0.383 e. The van der Waals surface area contributed by atoms with Crippen molar-refractivity contribution in [2.24, 2.45) is 0 Å². The van der Waals surface area contributed by atoms with E-state index in [-0.39, 0.29) is 0 Å². The minimum Gasteiger partial charge on any atom is -0.383 e. The Kier molecular flexibility index (Phi) is 3.70. The van der Waals surface area contributed by atoms with Gasteiger partial charge in [-0.3, -0.25) is 4.90 Å². The Morgan fingerprint density at radius 1 is 1.30 bits per heavy atom. The van der Waals surface area contributed by atoms with Gasteiger partial charge in [0.2, 0.25) is 0 Å². The van der Waals surface area contributed by atoms with E-state index in [1.54, 1.807) is 0 Å². The molecule has 1 atom stereocenters. The van der Waals surface area contributed by atoms with E-state index in [1.165, 1.54) is 24.0 Å². The number of nitrogens with two attached hydrogens (primary N) is 1. The first-order valence-electron chi connectivity index (χ1n) is 7.24. The van der Waals surface area contributed by atoms with Crippen LogP contribution in [0.3, 0.4) is 0 Å². The highest BCUT2D eigenvalue weighted by atomic mass is 15.2. The smallest absolute Gasteiger partial charge is 0.126 e. The lowest BCUT2D eigenvalue weighted by atomic mass is 10.0. The van der Waals surface area contributed by atoms with Gasteiger partial charge in [-0.15, -0.1) is 0 Å². The summed E-state index contributed by atoms with van der Waals surface area (Å²) >= 11 is 0. The molecule has 1 aliphatic heterocycles. The van der Waals surface area contributed by atoms with Gasteiger partial charge in [0.15, 0.2) is 0 Å². The predicted octanol–water partition coefficient (Wildman–Crippen LogP) is 3.31. The molecular weight excluding hydrogens is 246 g/mol. The van der Waals surface area contributed by atoms with E-state index < -0.39 is 0 Å². The molecule has 104 valence electrons. The van der Waals surface area contributed by atoms with Crippen molar-refractivity contribution in [3.05, 3.63) is 59.3 Å². The number of hydrogen-bond donors (Lipinski definition) is 1. The van der Waals surface area contributed by atoms with E-state index >= 15 is 0 Å². The zero-order valence-corrected chi connectivity index (χ0v) is 11.9. The maximum atomic E-state index is 5.82. The molecule has 0 amide bonds. The lowest BCUT2D eigenvalue weighted by Gasteiger charge is -2.25. The van der Waals surface area contributed by atoms with Crippen molar-refractivity contribution >= 4 is 5.82 Å². The summed E-state index contributed by atoms with van der Waals surface area (Å²) in [7, 11) is 0. The van der Waals surface area contributed by atoms with Crippen molar-refractivity contribution in [1.29, 1.82) is 0 Å². The summed E-state index contributed by atoms with van der Waals surface area (Å²) in [5, 5.41) is 0. The van der Waals surface area contributed by atoms with Crippen molar-refractivity contribution in [3.63, 3.8) is 0 Å². The van der Waals surface area contributed by atoms with Gasteiger partial charge in [-0.1, -0.05) is 30.3 Å². The molecule has 2 heterocycles. The molecule has 0 spiro atoms. The number of pyridine rings is 1. The van der Waals surface area contributed by atoms with Gasteiger partial charge in [0.05, 0.1) is 0 Å². The molecule has 20 heavy (non-hydrogen) atoms. The maximum Gasteiger partial charge on any atom is 0.126 e. The third-order valence-corrected chi connectivity index (χ3v) is 4.12. The number of aromatic nitrogens is 1. The Bertz CT molecular complexity index is 580. The molecular formula is C17H21N3. The molecule has 1 saturated heterocycles. The van der Waals surface area contributed by atoms with Crippen molar-refractivity contribution in [2.45, 2.75) is 32.4 Å². The molecule has 1 aliphatic rings. The molecule has 0 aliphatic carbocycles. The summed E-state index contributed by atoms with van der Waals surface area (Å²) in [5.74, 6) is 0.640. The molecule has 2 N–H and O–H groups in total. The second-order valence-corrected chi connectivity index (χ2v) is 5.58. The minimum atomic E-state index is 0.474. The number of benzene rings is 1. The molecule has 1 unspecified atom stereocenters. The summed E-state index contributed by atoms with van der Waals surface area (Å²) in [6.07, 6.45) is 4.40. The van der Waals surface area contributed by atoms with Crippen LogP contribution in [0.1, 0.15) is 35.6 Å². The molecule has 3 nitrogen and oxygen atoms in total. The Labute approximate surface area is 120 Å². The van der Waals surface area contributed by atoms with Crippen molar-refractivity contribution in [1.82, 2.24) is 9.88 Å². The summed E-state index contributed by atoms with van der Waals surface area (Å²) in [4.78, 5) is 6.86. The van der Waals surface area contributed by atoms with Gasteiger partial charge in [-0.05, 0) is 49.1 Å². The lowest BCUT2D eigenvalue weighted by Crippen LogP contribution is -2.23. The highest BCUT2D eigenvalue weighted by Gasteiger charge is 2.26. The van der Waals surface area contributed by atoms with Crippen molar-refractivity contribution in [2.75, 3.05) is 12.3 Å². The second kappa shape index (κ2) is 5.63. The van der Waals surface area contributed by atoms with E-state index in [4.69, 9.17) is 5.73 Å². The molecule has 3 rings (SSSR count).